The van der Waals surface area contributed by atoms with Gasteiger partial charge in [-0.25, -0.2) is 0 Å². The van der Waals surface area contributed by atoms with Crippen LogP contribution in [0.2, 0.25) is 0 Å². The molecule has 0 aromatic heterocycles. The predicted molar refractivity (Wildman–Crippen MR) is 69.1 cm³/mol. The first-order valence-electron chi connectivity index (χ1n) is 5.69. The van der Waals surface area contributed by atoms with Crippen molar-refractivity contribution in [2.45, 2.75) is 11.4 Å². The van der Waals surface area contributed by atoms with E-state index in [-0.39, 0.29) is 0 Å². The number of ether oxygens (including phenoxy) is 2. The van der Waals surface area contributed by atoms with Gasteiger partial charge in [0, 0.05) is 0 Å². The molecule has 6 nitrogen and oxygen atoms in total. The van der Waals surface area contributed by atoms with Crippen molar-refractivity contribution in [3.05, 3.63) is 36.9 Å². The van der Waals surface area contributed by atoms with Crippen LogP contribution in [-0.2, 0) is 19.0 Å². The second-order valence-electron chi connectivity index (χ2n) is 4.01. The summed E-state index contributed by atoms with van der Waals surface area (Å²) >= 11 is 0. The second-order valence-corrected chi connectivity index (χ2v) is 5.75. The van der Waals surface area contributed by atoms with E-state index in [2.05, 4.69) is 16.0 Å². The van der Waals surface area contributed by atoms with E-state index in [0.29, 0.717) is 11.3 Å². The smallest absolute Gasteiger partial charge is 0.396 e. The number of alkyl halides is 2. The van der Waals surface area contributed by atoms with Crippen molar-refractivity contribution in [2.75, 3.05) is 20.3 Å². The van der Waals surface area contributed by atoms with Crippen LogP contribution in [0.15, 0.2) is 24.3 Å². The molecule has 1 atom stereocenters. The van der Waals surface area contributed by atoms with Gasteiger partial charge in [0.15, 0.2) is 0 Å². The zero-order chi connectivity index (χ0) is 16.1. The Labute approximate surface area is 121 Å². The Morgan fingerprint density at radius 2 is 1.90 bits per heavy atom. The molecule has 0 bridgehead atoms. The van der Waals surface area contributed by atoms with Gasteiger partial charge in [-0.2, -0.15) is 17.2 Å². The SMILES string of the molecule is [CH2+]OS(=O)(=O)C(F)(F)COCC(O)c1ccc(OC)cc1. The first-order chi connectivity index (χ1) is 9.73. The van der Waals surface area contributed by atoms with Crippen molar-refractivity contribution in [2.24, 2.45) is 0 Å². The van der Waals surface area contributed by atoms with Crippen LogP contribution < -0.4 is 4.74 Å². The average Bonchev–Trinajstić information content (AvgIpc) is 2.46. The van der Waals surface area contributed by atoms with Crippen molar-refractivity contribution in [1.29, 1.82) is 0 Å². The largest absolute Gasteiger partial charge is 0.497 e. The highest BCUT2D eigenvalue weighted by Crippen LogP contribution is 2.24. The molecule has 1 aromatic carbocycles. The number of aliphatic hydroxyl groups is 1. The molecule has 1 unspecified atom stereocenters. The van der Waals surface area contributed by atoms with E-state index in [9.17, 15) is 22.3 Å². The molecule has 21 heavy (non-hydrogen) atoms. The molecule has 1 rings (SSSR count). The number of benzene rings is 1. The summed E-state index contributed by atoms with van der Waals surface area (Å²) in [7, 11) is -1.22. The molecule has 1 aromatic rings. The minimum atomic E-state index is -5.14. The molecule has 9 heteroatoms. The zero-order valence-corrected chi connectivity index (χ0v) is 12.0. The Morgan fingerprint density at radius 1 is 1.33 bits per heavy atom. The van der Waals surface area contributed by atoms with Crippen LogP contribution in [0.25, 0.3) is 0 Å². The standard InChI is InChI=1S/C12H15F2O6S/c1-18-10-5-3-9(4-6-10)11(15)7-20-8-12(13,14)21(16,17)19-2/h3-6,11,15H,2,7-8H2,1H3/q+1. The molecule has 0 saturated heterocycles. The van der Waals surface area contributed by atoms with Crippen LogP contribution in [-0.4, -0.2) is 39.1 Å². The highest BCUT2D eigenvalue weighted by atomic mass is 32.2. The lowest BCUT2D eigenvalue weighted by molar-refractivity contribution is -0.0466. The van der Waals surface area contributed by atoms with E-state index < -0.39 is 34.7 Å². The van der Waals surface area contributed by atoms with Crippen molar-refractivity contribution < 1.29 is 36.0 Å². The first kappa shape index (κ1) is 17.6. The van der Waals surface area contributed by atoms with E-state index in [4.69, 9.17) is 4.74 Å². The van der Waals surface area contributed by atoms with Crippen molar-refractivity contribution in [1.82, 2.24) is 0 Å². The molecule has 118 valence electrons. The third-order valence-corrected chi connectivity index (χ3v) is 3.73. The monoisotopic (exact) mass is 325 g/mol. The van der Waals surface area contributed by atoms with E-state index in [1.807, 2.05) is 0 Å². The number of hydrogen-bond acceptors (Lipinski definition) is 6. The van der Waals surface area contributed by atoms with Crippen molar-refractivity contribution >= 4 is 10.1 Å². The van der Waals surface area contributed by atoms with E-state index in [0.717, 1.165) is 0 Å². The van der Waals surface area contributed by atoms with E-state index in [1.54, 1.807) is 12.1 Å². The van der Waals surface area contributed by atoms with Crippen LogP contribution in [0.4, 0.5) is 8.78 Å². The Bertz CT molecular complexity index is 543. The van der Waals surface area contributed by atoms with Gasteiger partial charge in [-0.05, 0) is 17.7 Å². The predicted octanol–water partition coefficient (Wildman–Crippen LogP) is 1.48. The highest BCUT2D eigenvalue weighted by Gasteiger charge is 2.48. The number of hydrogen-bond donors (Lipinski definition) is 1. The van der Waals surface area contributed by atoms with Crippen LogP contribution in [0.3, 0.4) is 0 Å². The van der Waals surface area contributed by atoms with E-state index in [1.165, 1.54) is 19.2 Å². The fraction of sp³-hybridized carbons (Fsp3) is 0.417. The van der Waals surface area contributed by atoms with Gasteiger partial charge in [-0.1, -0.05) is 16.3 Å². The van der Waals surface area contributed by atoms with Crippen LogP contribution >= 0.6 is 0 Å². The van der Waals surface area contributed by atoms with Crippen LogP contribution in [0.1, 0.15) is 11.7 Å². The van der Waals surface area contributed by atoms with Gasteiger partial charge in [-0.3, -0.25) is 0 Å². The molecule has 0 amide bonds. The maximum absolute atomic E-state index is 13.2. The van der Waals surface area contributed by atoms with Gasteiger partial charge in [0.1, 0.15) is 18.5 Å². The molecule has 0 spiro atoms. The number of halogens is 2. The summed E-state index contributed by atoms with van der Waals surface area (Å²) in [6.07, 6.45) is -1.19. The molecular formula is C12H15F2O6S+. The van der Waals surface area contributed by atoms with Crippen molar-refractivity contribution in [3.8, 4) is 5.75 Å². The van der Waals surface area contributed by atoms with Gasteiger partial charge in [0.05, 0.1) is 13.7 Å². The van der Waals surface area contributed by atoms with Crippen molar-refractivity contribution in [3.63, 3.8) is 0 Å². The number of methoxy groups -OCH3 is 1. The number of rotatable bonds is 8. The lowest BCUT2D eigenvalue weighted by Gasteiger charge is -2.16. The molecule has 1 N–H and O–H groups in total. The molecule has 0 radical (unpaired) electrons. The Kier molecular flexibility index (Phi) is 5.90. The second kappa shape index (κ2) is 7.03. The third kappa shape index (κ3) is 4.53. The lowest BCUT2D eigenvalue weighted by Crippen LogP contribution is -2.35. The zero-order valence-electron chi connectivity index (χ0n) is 11.2. The Morgan fingerprint density at radius 3 is 2.38 bits per heavy atom. The Hall–Kier alpha value is -1.42. The van der Waals surface area contributed by atoms with Gasteiger partial charge in [-0.15, -0.1) is 0 Å². The summed E-state index contributed by atoms with van der Waals surface area (Å²) in [6.45, 7) is -1.95. The van der Waals surface area contributed by atoms with Gasteiger partial charge in [0.25, 0.3) is 0 Å². The Balaban J connectivity index is 2.55. The summed E-state index contributed by atoms with van der Waals surface area (Å²) in [5.41, 5.74) is 0.412. The molecule has 0 heterocycles. The summed E-state index contributed by atoms with van der Waals surface area (Å²) in [5, 5.41) is 5.50. The molecule has 0 aliphatic carbocycles. The summed E-state index contributed by atoms with van der Waals surface area (Å²) in [6, 6.07) is 6.21. The topological polar surface area (TPSA) is 82.1 Å². The average molecular weight is 325 g/mol. The third-order valence-electron chi connectivity index (χ3n) is 2.57. The van der Waals surface area contributed by atoms with Gasteiger partial charge in [0.2, 0.25) is 7.11 Å². The van der Waals surface area contributed by atoms with Gasteiger partial charge >= 0.3 is 15.4 Å². The molecule has 0 saturated carbocycles. The quantitative estimate of drug-likeness (QED) is 0.576. The molecule has 0 aliphatic rings. The lowest BCUT2D eigenvalue weighted by atomic mass is 10.1. The minimum Gasteiger partial charge on any atom is -0.497 e. The highest BCUT2D eigenvalue weighted by molar-refractivity contribution is 7.87. The van der Waals surface area contributed by atoms with Crippen LogP contribution in [0, 0.1) is 7.11 Å². The summed E-state index contributed by atoms with van der Waals surface area (Å²) in [4.78, 5) is 0. The van der Waals surface area contributed by atoms with Gasteiger partial charge < -0.3 is 14.6 Å². The van der Waals surface area contributed by atoms with E-state index >= 15 is 0 Å². The van der Waals surface area contributed by atoms with Crippen LogP contribution in [0.5, 0.6) is 5.75 Å². The molecular weight excluding hydrogens is 310 g/mol. The summed E-state index contributed by atoms with van der Waals surface area (Å²) < 4.78 is 61.0. The maximum atomic E-state index is 13.2. The first-order valence-corrected chi connectivity index (χ1v) is 7.10. The molecule has 0 fully saturated rings. The maximum Gasteiger partial charge on any atom is 0.396 e. The fourth-order valence-electron chi connectivity index (χ4n) is 1.37. The normalized spacial score (nSPS) is 13.9. The number of aliphatic hydroxyl groups excluding tert-OH is 1. The minimum absolute atomic E-state index is 0.412. The fourth-order valence-corrected chi connectivity index (χ4v) is 1.77. The summed E-state index contributed by atoms with van der Waals surface area (Å²) in [5.74, 6) is 0.567. The molecule has 0 aliphatic heterocycles.